The first kappa shape index (κ1) is 20.8. The van der Waals surface area contributed by atoms with Crippen LogP contribution in [0.15, 0.2) is 61.7 Å². The monoisotopic (exact) mass is 380 g/mol. The van der Waals surface area contributed by atoms with Gasteiger partial charge in [-0.15, -0.1) is 13.2 Å². The lowest BCUT2D eigenvalue weighted by atomic mass is 10.0. The van der Waals surface area contributed by atoms with Crippen molar-refractivity contribution in [3.63, 3.8) is 0 Å². The highest BCUT2D eigenvalue weighted by atomic mass is 16.5. The van der Waals surface area contributed by atoms with Crippen LogP contribution in [0.4, 0.5) is 5.69 Å². The number of benzene rings is 2. The van der Waals surface area contributed by atoms with Crippen LogP contribution in [-0.2, 0) is 6.42 Å². The van der Waals surface area contributed by atoms with Crippen LogP contribution >= 0.6 is 0 Å². The van der Waals surface area contributed by atoms with Gasteiger partial charge in [0.05, 0.1) is 25.5 Å². The Balaban J connectivity index is 2.35. The molecule has 0 aliphatic heterocycles. The first-order chi connectivity index (χ1) is 13.5. The molecule has 2 amide bonds. The Morgan fingerprint density at radius 2 is 1.79 bits per heavy atom. The van der Waals surface area contributed by atoms with Crippen LogP contribution in [0.2, 0.25) is 0 Å². The summed E-state index contributed by atoms with van der Waals surface area (Å²) in [5, 5.41) is 5.50. The number of allylic oxidation sites excluding steroid dienone is 1. The van der Waals surface area contributed by atoms with E-state index in [1.54, 1.807) is 55.7 Å². The third-order valence-electron chi connectivity index (χ3n) is 4.01. The van der Waals surface area contributed by atoms with E-state index < -0.39 is 0 Å². The Bertz CT molecular complexity index is 890. The smallest absolute Gasteiger partial charge is 0.255 e. The van der Waals surface area contributed by atoms with E-state index in [9.17, 15) is 9.59 Å². The van der Waals surface area contributed by atoms with Crippen molar-refractivity contribution in [3.05, 3.63) is 78.4 Å². The number of ether oxygens (including phenoxy) is 2. The third kappa shape index (κ3) is 4.79. The van der Waals surface area contributed by atoms with Crippen molar-refractivity contribution >= 4 is 17.5 Å². The molecule has 0 atom stereocenters. The molecule has 0 aromatic heterocycles. The molecule has 6 heteroatoms. The molecular formula is C22H24N2O4. The van der Waals surface area contributed by atoms with E-state index >= 15 is 0 Å². The lowest BCUT2D eigenvalue weighted by Crippen LogP contribution is -2.25. The summed E-state index contributed by atoms with van der Waals surface area (Å²) in [7, 11) is 3.05. The highest BCUT2D eigenvalue weighted by molar-refractivity contribution is 6.09. The molecule has 0 aliphatic rings. The minimum Gasteiger partial charge on any atom is -0.493 e. The Kier molecular flexibility index (Phi) is 7.39. The van der Waals surface area contributed by atoms with Gasteiger partial charge in [-0.3, -0.25) is 9.59 Å². The van der Waals surface area contributed by atoms with E-state index in [0.717, 1.165) is 5.56 Å². The van der Waals surface area contributed by atoms with Gasteiger partial charge in [0.15, 0.2) is 11.5 Å². The Morgan fingerprint density at radius 3 is 2.43 bits per heavy atom. The molecule has 2 rings (SSSR count). The molecule has 0 fully saturated rings. The van der Waals surface area contributed by atoms with Crippen LogP contribution in [0.25, 0.3) is 0 Å². The summed E-state index contributed by atoms with van der Waals surface area (Å²) in [6, 6.07) is 10.1. The minimum absolute atomic E-state index is 0.296. The summed E-state index contributed by atoms with van der Waals surface area (Å²) >= 11 is 0. The molecule has 0 heterocycles. The van der Waals surface area contributed by atoms with Gasteiger partial charge in [-0.25, -0.2) is 0 Å². The van der Waals surface area contributed by atoms with Gasteiger partial charge < -0.3 is 20.1 Å². The molecule has 0 radical (unpaired) electrons. The second-order valence-corrected chi connectivity index (χ2v) is 5.86. The summed E-state index contributed by atoms with van der Waals surface area (Å²) in [4.78, 5) is 25.2. The zero-order valence-electron chi connectivity index (χ0n) is 16.1. The van der Waals surface area contributed by atoms with E-state index in [1.807, 2.05) is 0 Å². The molecule has 0 aliphatic carbocycles. The van der Waals surface area contributed by atoms with Crippen LogP contribution < -0.4 is 20.1 Å². The molecule has 0 saturated heterocycles. The molecule has 0 unspecified atom stereocenters. The van der Waals surface area contributed by atoms with Crippen LogP contribution in [0, 0.1) is 0 Å². The van der Waals surface area contributed by atoms with E-state index in [2.05, 4.69) is 23.8 Å². The number of nitrogens with one attached hydrogen (secondary N) is 2. The number of methoxy groups -OCH3 is 2. The number of rotatable bonds is 9. The summed E-state index contributed by atoms with van der Waals surface area (Å²) < 4.78 is 10.8. The molecule has 146 valence electrons. The molecule has 6 nitrogen and oxygen atoms in total. The molecule has 0 spiro atoms. The standard InChI is InChI=1S/C22H24N2O4/c1-5-9-15-13-16(14-19(27-3)20(15)28-4)21(25)24-18-11-8-7-10-17(18)22(26)23-12-6-2/h5-8,10-11,13-14H,1-2,9,12H2,3-4H3,(H,23,26)(H,24,25). The van der Waals surface area contributed by atoms with Gasteiger partial charge >= 0.3 is 0 Å². The van der Waals surface area contributed by atoms with Gasteiger partial charge in [-0.1, -0.05) is 24.3 Å². The largest absolute Gasteiger partial charge is 0.493 e. The fourth-order valence-electron chi connectivity index (χ4n) is 2.73. The van der Waals surface area contributed by atoms with E-state index in [1.165, 1.54) is 7.11 Å². The van der Waals surface area contributed by atoms with Crippen molar-refractivity contribution in [2.24, 2.45) is 0 Å². The van der Waals surface area contributed by atoms with Gasteiger partial charge in [0, 0.05) is 17.7 Å². The van der Waals surface area contributed by atoms with Crippen molar-refractivity contribution in [3.8, 4) is 11.5 Å². The number of anilines is 1. The topological polar surface area (TPSA) is 76.7 Å². The molecule has 2 N–H and O–H groups in total. The highest BCUT2D eigenvalue weighted by Gasteiger charge is 2.18. The number of hydrogen-bond acceptors (Lipinski definition) is 4. The van der Waals surface area contributed by atoms with Gasteiger partial charge in [0.2, 0.25) is 0 Å². The number of carbonyl (C=O) groups is 2. The maximum absolute atomic E-state index is 12.8. The SMILES string of the molecule is C=CCNC(=O)c1ccccc1NC(=O)c1cc(CC=C)c(OC)c(OC)c1. The fourth-order valence-corrected chi connectivity index (χ4v) is 2.73. The van der Waals surface area contributed by atoms with Crippen LogP contribution in [0.5, 0.6) is 11.5 Å². The highest BCUT2D eigenvalue weighted by Crippen LogP contribution is 2.33. The van der Waals surface area contributed by atoms with Crippen molar-refractivity contribution in [2.75, 3.05) is 26.1 Å². The van der Waals surface area contributed by atoms with Crippen molar-refractivity contribution < 1.29 is 19.1 Å². The van der Waals surface area contributed by atoms with Crippen LogP contribution in [0.1, 0.15) is 26.3 Å². The quantitative estimate of drug-likeness (QED) is 0.652. The maximum atomic E-state index is 12.8. The van der Waals surface area contributed by atoms with Gasteiger partial charge in [0.25, 0.3) is 11.8 Å². The summed E-state index contributed by atoms with van der Waals surface area (Å²) in [5.74, 6) is 0.345. The summed E-state index contributed by atoms with van der Waals surface area (Å²) in [5.41, 5.74) is 1.94. The number of hydrogen-bond donors (Lipinski definition) is 2. The molecule has 2 aromatic rings. The lowest BCUT2D eigenvalue weighted by molar-refractivity contribution is 0.0959. The number of para-hydroxylation sites is 1. The van der Waals surface area contributed by atoms with Crippen molar-refractivity contribution in [1.29, 1.82) is 0 Å². The van der Waals surface area contributed by atoms with Crippen LogP contribution in [-0.4, -0.2) is 32.6 Å². The number of carbonyl (C=O) groups excluding carboxylic acids is 2. The van der Waals surface area contributed by atoms with Gasteiger partial charge in [0.1, 0.15) is 0 Å². The molecule has 0 saturated carbocycles. The second kappa shape index (κ2) is 9.97. The first-order valence-electron chi connectivity index (χ1n) is 8.71. The Labute approximate surface area is 164 Å². The average molecular weight is 380 g/mol. The maximum Gasteiger partial charge on any atom is 0.255 e. The van der Waals surface area contributed by atoms with Crippen molar-refractivity contribution in [1.82, 2.24) is 5.32 Å². The first-order valence-corrected chi connectivity index (χ1v) is 8.71. The zero-order valence-corrected chi connectivity index (χ0v) is 16.1. The Morgan fingerprint density at radius 1 is 1.04 bits per heavy atom. The molecule has 28 heavy (non-hydrogen) atoms. The van der Waals surface area contributed by atoms with E-state index in [0.29, 0.717) is 41.3 Å². The Hall–Kier alpha value is -3.54. The lowest BCUT2D eigenvalue weighted by Gasteiger charge is -2.15. The summed E-state index contributed by atoms with van der Waals surface area (Å²) in [6.45, 7) is 7.65. The van der Waals surface area contributed by atoms with Gasteiger partial charge in [-0.05, 0) is 30.7 Å². The molecular weight excluding hydrogens is 356 g/mol. The average Bonchev–Trinajstić information content (AvgIpc) is 2.71. The number of amides is 2. The van der Waals surface area contributed by atoms with Gasteiger partial charge in [-0.2, -0.15) is 0 Å². The second-order valence-electron chi connectivity index (χ2n) is 5.86. The zero-order chi connectivity index (χ0) is 20.5. The normalized spacial score (nSPS) is 9.93. The van der Waals surface area contributed by atoms with Crippen molar-refractivity contribution in [2.45, 2.75) is 6.42 Å². The predicted octanol–water partition coefficient (Wildman–Crippen LogP) is 3.60. The molecule has 2 aromatic carbocycles. The summed E-state index contributed by atoms with van der Waals surface area (Å²) in [6.07, 6.45) is 3.82. The van der Waals surface area contributed by atoms with E-state index in [-0.39, 0.29) is 11.8 Å². The predicted molar refractivity (Wildman–Crippen MR) is 110 cm³/mol. The third-order valence-corrected chi connectivity index (χ3v) is 4.01. The van der Waals surface area contributed by atoms with Crippen LogP contribution in [0.3, 0.4) is 0 Å². The van der Waals surface area contributed by atoms with E-state index in [4.69, 9.17) is 9.47 Å². The molecule has 0 bridgehead atoms. The fraction of sp³-hybridized carbons (Fsp3) is 0.182. The minimum atomic E-state index is -0.366.